The van der Waals surface area contributed by atoms with Crippen LogP contribution in [0, 0.1) is 0 Å². The van der Waals surface area contributed by atoms with Gasteiger partial charge >= 0.3 is 0 Å². The van der Waals surface area contributed by atoms with E-state index >= 15 is 0 Å². The highest BCUT2D eigenvalue weighted by atomic mass is 15.2. The highest BCUT2D eigenvalue weighted by molar-refractivity contribution is 5.86. The Bertz CT molecular complexity index is 569. The second-order valence-electron chi connectivity index (χ2n) is 5.96. The molecule has 106 valence electrons. The fraction of sp³-hybridized carbons (Fsp3) is 0.444. The van der Waals surface area contributed by atoms with E-state index in [1.165, 1.54) is 29.2 Å². The summed E-state index contributed by atoms with van der Waals surface area (Å²) in [4.78, 5) is 2.48. The summed E-state index contributed by atoms with van der Waals surface area (Å²) in [5, 5.41) is 6.36. The molecule has 1 fully saturated rings. The van der Waals surface area contributed by atoms with Gasteiger partial charge in [-0.25, -0.2) is 0 Å². The van der Waals surface area contributed by atoms with Crippen molar-refractivity contribution in [3.05, 3.63) is 48.0 Å². The summed E-state index contributed by atoms with van der Waals surface area (Å²) in [6.07, 6.45) is 2.77. The van der Waals surface area contributed by atoms with E-state index in [0.717, 1.165) is 19.1 Å². The summed E-state index contributed by atoms with van der Waals surface area (Å²) in [6.45, 7) is 4.45. The molecule has 2 heteroatoms. The summed E-state index contributed by atoms with van der Waals surface area (Å²) in [7, 11) is 2.24. The zero-order valence-electron chi connectivity index (χ0n) is 12.5. The second kappa shape index (κ2) is 5.94. The maximum Gasteiger partial charge on any atom is 0.0298 e. The number of rotatable bonds is 6. The van der Waals surface area contributed by atoms with Crippen LogP contribution in [0.5, 0.6) is 0 Å². The van der Waals surface area contributed by atoms with Crippen molar-refractivity contribution in [1.29, 1.82) is 0 Å². The molecule has 0 amide bonds. The monoisotopic (exact) mass is 268 g/mol. The molecule has 1 saturated carbocycles. The van der Waals surface area contributed by atoms with Gasteiger partial charge in [0.15, 0.2) is 0 Å². The van der Waals surface area contributed by atoms with Crippen LogP contribution in [0.1, 0.15) is 31.4 Å². The third-order valence-corrected chi connectivity index (χ3v) is 4.38. The van der Waals surface area contributed by atoms with E-state index in [9.17, 15) is 0 Å². The van der Waals surface area contributed by atoms with Crippen molar-refractivity contribution in [2.45, 2.75) is 31.8 Å². The van der Waals surface area contributed by atoms with Crippen molar-refractivity contribution in [2.24, 2.45) is 0 Å². The third kappa shape index (κ3) is 3.02. The van der Waals surface area contributed by atoms with E-state index in [0.29, 0.717) is 6.04 Å². The molecule has 2 aromatic carbocycles. The summed E-state index contributed by atoms with van der Waals surface area (Å²) < 4.78 is 0. The second-order valence-corrected chi connectivity index (χ2v) is 5.96. The SMILES string of the molecule is CC(NCCN(C)C1CC1)c1cccc2ccccc12. The zero-order chi connectivity index (χ0) is 13.9. The largest absolute Gasteiger partial charge is 0.309 e. The molecule has 0 radical (unpaired) electrons. The molecular weight excluding hydrogens is 244 g/mol. The van der Waals surface area contributed by atoms with E-state index < -0.39 is 0 Å². The Labute approximate surface area is 121 Å². The zero-order valence-corrected chi connectivity index (χ0v) is 12.5. The number of fused-ring (bicyclic) bond motifs is 1. The Morgan fingerprint density at radius 2 is 1.90 bits per heavy atom. The lowest BCUT2D eigenvalue weighted by molar-refractivity contribution is 0.316. The van der Waals surface area contributed by atoms with Gasteiger partial charge in [-0.2, -0.15) is 0 Å². The first-order valence-corrected chi connectivity index (χ1v) is 7.67. The van der Waals surface area contributed by atoms with Gasteiger partial charge in [0.25, 0.3) is 0 Å². The third-order valence-electron chi connectivity index (χ3n) is 4.38. The van der Waals surface area contributed by atoms with Gasteiger partial charge in [-0.15, -0.1) is 0 Å². The van der Waals surface area contributed by atoms with Crippen molar-refractivity contribution in [2.75, 3.05) is 20.1 Å². The topological polar surface area (TPSA) is 15.3 Å². The number of hydrogen-bond donors (Lipinski definition) is 1. The van der Waals surface area contributed by atoms with Crippen molar-refractivity contribution in [1.82, 2.24) is 10.2 Å². The molecule has 1 aliphatic rings. The Hall–Kier alpha value is -1.38. The van der Waals surface area contributed by atoms with Crippen LogP contribution in [0.2, 0.25) is 0 Å². The average molecular weight is 268 g/mol. The van der Waals surface area contributed by atoms with Gasteiger partial charge in [-0.3, -0.25) is 0 Å². The van der Waals surface area contributed by atoms with Crippen molar-refractivity contribution >= 4 is 10.8 Å². The van der Waals surface area contributed by atoms with Gasteiger partial charge in [0.2, 0.25) is 0 Å². The van der Waals surface area contributed by atoms with Crippen LogP contribution < -0.4 is 5.32 Å². The van der Waals surface area contributed by atoms with E-state index in [1.54, 1.807) is 0 Å². The summed E-state index contributed by atoms with van der Waals surface area (Å²) >= 11 is 0. The van der Waals surface area contributed by atoms with Crippen molar-refractivity contribution < 1.29 is 0 Å². The summed E-state index contributed by atoms with van der Waals surface area (Å²) in [5.41, 5.74) is 1.40. The molecule has 1 N–H and O–H groups in total. The van der Waals surface area contributed by atoms with Crippen molar-refractivity contribution in [3.8, 4) is 0 Å². The summed E-state index contributed by atoms with van der Waals surface area (Å²) in [5.74, 6) is 0. The van der Waals surface area contributed by atoms with E-state index in [1.807, 2.05) is 0 Å². The van der Waals surface area contributed by atoms with Crippen LogP contribution in [-0.2, 0) is 0 Å². The minimum absolute atomic E-state index is 0.397. The molecule has 20 heavy (non-hydrogen) atoms. The number of benzene rings is 2. The first-order chi connectivity index (χ1) is 9.75. The molecule has 0 spiro atoms. The molecule has 2 nitrogen and oxygen atoms in total. The van der Waals surface area contributed by atoms with Gasteiger partial charge in [0, 0.05) is 25.2 Å². The van der Waals surface area contributed by atoms with Crippen LogP contribution in [-0.4, -0.2) is 31.1 Å². The molecule has 1 unspecified atom stereocenters. The normalized spacial score (nSPS) is 16.8. The molecule has 0 bridgehead atoms. The van der Waals surface area contributed by atoms with Gasteiger partial charge in [0.05, 0.1) is 0 Å². The molecule has 3 rings (SSSR count). The van der Waals surface area contributed by atoms with Crippen LogP contribution in [0.4, 0.5) is 0 Å². The van der Waals surface area contributed by atoms with Gasteiger partial charge in [-0.05, 0) is 43.1 Å². The maximum absolute atomic E-state index is 3.66. The van der Waals surface area contributed by atoms with Gasteiger partial charge in [0.1, 0.15) is 0 Å². The highest BCUT2D eigenvalue weighted by Gasteiger charge is 2.25. The van der Waals surface area contributed by atoms with Gasteiger partial charge < -0.3 is 10.2 Å². The number of likely N-dealkylation sites (N-methyl/N-ethyl adjacent to an activating group) is 1. The lowest BCUT2D eigenvalue weighted by atomic mass is 10.00. The minimum Gasteiger partial charge on any atom is -0.309 e. The minimum atomic E-state index is 0.397. The first-order valence-electron chi connectivity index (χ1n) is 7.67. The quantitative estimate of drug-likeness (QED) is 0.861. The van der Waals surface area contributed by atoms with Crippen LogP contribution >= 0.6 is 0 Å². The fourth-order valence-corrected chi connectivity index (χ4v) is 2.89. The molecule has 2 aromatic rings. The van der Waals surface area contributed by atoms with Crippen LogP contribution in [0.15, 0.2) is 42.5 Å². The molecular formula is C18H24N2. The number of hydrogen-bond acceptors (Lipinski definition) is 2. The first kappa shape index (κ1) is 13.6. The Balaban J connectivity index is 1.64. The number of nitrogens with zero attached hydrogens (tertiary/aromatic N) is 1. The highest BCUT2D eigenvalue weighted by Crippen LogP contribution is 2.25. The molecule has 1 aliphatic carbocycles. The van der Waals surface area contributed by atoms with Gasteiger partial charge in [-0.1, -0.05) is 42.5 Å². The predicted octanol–water partition coefficient (Wildman–Crippen LogP) is 3.58. The van der Waals surface area contributed by atoms with E-state index in [-0.39, 0.29) is 0 Å². The van der Waals surface area contributed by atoms with Crippen LogP contribution in [0.25, 0.3) is 10.8 Å². The Kier molecular flexibility index (Phi) is 4.04. The van der Waals surface area contributed by atoms with Crippen molar-refractivity contribution in [3.63, 3.8) is 0 Å². The molecule has 0 aliphatic heterocycles. The Morgan fingerprint density at radius 1 is 1.15 bits per heavy atom. The van der Waals surface area contributed by atoms with E-state index in [2.05, 4.69) is 66.7 Å². The lowest BCUT2D eigenvalue weighted by Crippen LogP contribution is -2.32. The summed E-state index contributed by atoms with van der Waals surface area (Å²) in [6, 6.07) is 16.5. The lowest BCUT2D eigenvalue weighted by Gasteiger charge is -2.20. The molecule has 1 atom stereocenters. The average Bonchev–Trinajstić information content (AvgIpc) is 3.31. The standard InChI is InChI=1S/C18H24N2/c1-14(19-12-13-20(2)16-10-11-16)17-9-5-7-15-6-3-4-8-18(15)17/h3-9,14,16,19H,10-13H2,1-2H3. The van der Waals surface area contributed by atoms with E-state index in [4.69, 9.17) is 0 Å². The number of nitrogens with one attached hydrogen (secondary N) is 1. The Morgan fingerprint density at radius 3 is 2.70 bits per heavy atom. The molecule has 0 heterocycles. The smallest absolute Gasteiger partial charge is 0.0298 e. The molecule has 0 aromatic heterocycles. The predicted molar refractivity (Wildman–Crippen MR) is 86.0 cm³/mol. The van der Waals surface area contributed by atoms with Crippen LogP contribution in [0.3, 0.4) is 0 Å². The molecule has 0 saturated heterocycles. The fourth-order valence-electron chi connectivity index (χ4n) is 2.89. The maximum atomic E-state index is 3.66.